The molecule has 152 valence electrons. The van der Waals surface area contributed by atoms with E-state index in [9.17, 15) is 26.7 Å². The van der Waals surface area contributed by atoms with Gasteiger partial charge in [-0.15, -0.1) is 0 Å². The lowest BCUT2D eigenvalue weighted by atomic mass is 10.1. The average molecular weight is 402 g/mol. The molecule has 0 aliphatic carbocycles. The summed E-state index contributed by atoms with van der Waals surface area (Å²) in [5, 5.41) is 3.79. The molecule has 3 rings (SSSR count). The van der Waals surface area contributed by atoms with Gasteiger partial charge in [-0.25, -0.2) is 13.5 Å². The first-order valence-electron chi connectivity index (χ1n) is 8.71. The van der Waals surface area contributed by atoms with Crippen molar-refractivity contribution < 1.29 is 22.0 Å². The van der Waals surface area contributed by atoms with Crippen LogP contribution in [-0.2, 0) is 19.3 Å². The van der Waals surface area contributed by atoms with Gasteiger partial charge in [-0.05, 0) is 17.7 Å². The summed E-state index contributed by atoms with van der Waals surface area (Å²) in [4.78, 5) is 15.9. The fourth-order valence-corrected chi connectivity index (χ4v) is 3.09. The second kappa shape index (κ2) is 8.26. The van der Waals surface area contributed by atoms with Crippen LogP contribution in [0.25, 0.3) is 0 Å². The van der Waals surface area contributed by atoms with E-state index >= 15 is 0 Å². The molecule has 1 aromatic carbocycles. The van der Waals surface area contributed by atoms with Gasteiger partial charge in [0, 0.05) is 38.8 Å². The number of hydrogen-bond acceptors (Lipinski definition) is 4. The van der Waals surface area contributed by atoms with Crippen LogP contribution in [-0.4, -0.2) is 47.3 Å². The molecular formula is C18H19F5N4O. The van der Waals surface area contributed by atoms with Crippen LogP contribution in [0.4, 0.5) is 27.6 Å². The minimum Gasteiger partial charge on any atom is -0.368 e. The summed E-state index contributed by atoms with van der Waals surface area (Å²) in [5.74, 6) is 0. The quantitative estimate of drug-likeness (QED) is 0.722. The summed E-state index contributed by atoms with van der Waals surface area (Å²) in [6.07, 6.45) is -5.60. The highest BCUT2D eigenvalue weighted by atomic mass is 19.4. The van der Waals surface area contributed by atoms with Crippen molar-refractivity contribution in [2.24, 2.45) is 0 Å². The van der Waals surface area contributed by atoms with Crippen LogP contribution in [0.5, 0.6) is 0 Å². The van der Waals surface area contributed by atoms with Crippen molar-refractivity contribution in [2.75, 3.05) is 31.1 Å². The summed E-state index contributed by atoms with van der Waals surface area (Å²) in [7, 11) is 0. The van der Waals surface area contributed by atoms with E-state index in [0.29, 0.717) is 38.4 Å². The third-order valence-corrected chi connectivity index (χ3v) is 4.59. The van der Waals surface area contributed by atoms with Gasteiger partial charge in [-0.1, -0.05) is 12.1 Å². The zero-order chi connectivity index (χ0) is 20.3. The topological polar surface area (TPSA) is 41.4 Å². The lowest BCUT2D eigenvalue weighted by molar-refractivity contribution is -0.137. The Kier molecular flexibility index (Phi) is 5.97. The van der Waals surface area contributed by atoms with E-state index in [2.05, 4.69) is 10.00 Å². The summed E-state index contributed by atoms with van der Waals surface area (Å²) in [6, 6.07) is 6.39. The van der Waals surface area contributed by atoms with Gasteiger partial charge in [0.1, 0.15) is 6.54 Å². The van der Waals surface area contributed by atoms with E-state index in [1.54, 1.807) is 0 Å². The Bertz CT molecular complexity index is 842. The van der Waals surface area contributed by atoms with Crippen LogP contribution in [0.15, 0.2) is 41.3 Å². The molecule has 1 saturated heterocycles. The molecule has 10 heteroatoms. The highest BCUT2D eigenvalue weighted by molar-refractivity contribution is 5.43. The molecule has 1 aliphatic heterocycles. The normalized spacial score (nSPS) is 16.0. The van der Waals surface area contributed by atoms with E-state index in [-0.39, 0.29) is 0 Å². The molecule has 1 aliphatic rings. The van der Waals surface area contributed by atoms with Gasteiger partial charge < -0.3 is 4.90 Å². The van der Waals surface area contributed by atoms with Crippen LogP contribution in [0.3, 0.4) is 0 Å². The number of alkyl halides is 5. The van der Waals surface area contributed by atoms with E-state index < -0.39 is 30.3 Å². The van der Waals surface area contributed by atoms with Gasteiger partial charge in [-0.3, -0.25) is 9.69 Å². The van der Waals surface area contributed by atoms with E-state index in [1.807, 2.05) is 4.90 Å². The van der Waals surface area contributed by atoms with Crippen molar-refractivity contribution in [2.45, 2.75) is 25.7 Å². The highest BCUT2D eigenvalue weighted by Gasteiger charge is 2.30. The first kappa shape index (κ1) is 20.2. The molecule has 5 nitrogen and oxygen atoms in total. The Morgan fingerprint density at radius 3 is 2.21 bits per heavy atom. The largest absolute Gasteiger partial charge is 0.416 e. The predicted octanol–water partition coefficient (Wildman–Crippen LogP) is 2.85. The monoisotopic (exact) mass is 402 g/mol. The standard InChI is InChI=1S/C18H19F5N4O/c19-16(20)12-27-17(28)9-15(10-24-27)26-7-5-25(6-8-26)11-13-1-3-14(4-2-13)18(21,22)23/h1-4,9-10,16H,5-8,11-12H2. The lowest BCUT2D eigenvalue weighted by Crippen LogP contribution is -2.46. The van der Waals surface area contributed by atoms with Gasteiger partial charge in [-0.2, -0.15) is 18.3 Å². The third kappa shape index (κ3) is 5.06. The smallest absolute Gasteiger partial charge is 0.368 e. The molecule has 0 spiro atoms. The zero-order valence-corrected chi connectivity index (χ0v) is 14.9. The molecule has 2 aromatic rings. The molecule has 0 atom stereocenters. The van der Waals surface area contributed by atoms with Gasteiger partial charge in [0.15, 0.2) is 0 Å². The molecular weight excluding hydrogens is 383 g/mol. The highest BCUT2D eigenvalue weighted by Crippen LogP contribution is 2.29. The molecule has 2 heterocycles. The Hall–Kier alpha value is -2.49. The first-order chi connectivity index (χ1) is 13.2. The summed E-state index contributed by atoms with van der Waals surface area (Å²) >= 11 is 0. The molecule has 0 radical (unpaired) electrons. The second-order valence-corrected chi connectivity index (χ2v) is 6.58. The second-order valence-electron chi connectivity index (χ2n) is 6.58. The maximum Gasteiger partial charge on any atom is 0.416 e. The number of aromatic nitrogens is 2. The third-order valence-electron chi connectivity index (χ3n) is 4.59. The molecule has 0 saturated carbocycles. The molecule has 1 fully saturated rings. The molecule has 0 bridgehead atoms. The molecule has 0 unspecified atom stereocenters. The first-order valence-corrected chi connectivity index (χ1v) is 8.71. The SMILES string of the molecule is O=c1cc(N2CCN(Cc3ccc(C(F)(F)F)cc3)CC2)cnn1CC(F)F. The van der Waals surface area contributed by atoms with Gasteiger partial charge in [0.2, 0.25) is 0 Å². The molecule has 0 amide bonds. The van der Waals surface area contributed by atoms with E-state index in [1.165, 1.54) is 24.4 Å². The molecule has 0 N–H and O–H groups in total. The number of hydrogen-bond donors (Lipinski definition) is 0. The van der Waals surface area contributed by atoms with Crippen LogP contribution >= 0.6 is 0 Å². The number of benzene rings is 1. The number of halogens is 5. The Balaban J connectivity index is 1.56. The zero-order valence-electron chi connectivity index (χ0n) is 14.9. The van der Waals surface area contributed by atoms with E-state index in [4.69, 9.17) is 0 Å². The summed E-state index contributed by atoms with van der Waals surface area (Å²) < 4.78 is 63.4. The van der Waals surface area contributed by atoms with Gasteiger partial charge >= 0.3 is 6.18 Å². The maximum atomic E-state index is 12.6. The van der Waals surface area contributed by atoms with Crippen molar-refractivity contribution in [3.8, 4) is 0 Å². The van der Waals surface area contributed by atoms with Crippen LogP contribution in [0.2, 0.25) is 0 Å². The number of rotatable bonds is 5. The molecule has 28 heavy (non-hydrogen) atoms. The number of anilines is 1. The van der Waals surface area contributed by atoms with Crippen molar-refractivity contribution in [3.05, 3.63) is 58.0 Å². The Morgan fingerprint density at radius 1 is 1.04 bits per heavy atom. The predicted molar refractivity (Wildman–Crippen MR) is 93.4 cm³/mol. The van der Waals surface area contributed by atoms with Gasteiger partial charge in [0.25, 0.3) is 12.0 Å². The molecule has 1 aromatic heterocycles. The maximum absolute atomic E-state index is 12.6. The fourth-order valence-electron chi connectivity index (χ4n) is 3.09. The minimum absolute atomic E-state index is 0.528. The Morgan fingerprint density at radius 2 is 1.68 bits per heavy atom. The average Bonchev–Trinajstić information content (AvgIpc) is 2.63. The van der Waals surface area contributed by atoms with Crippen LogP contribution in [0.1, 0.15) is 11.1 Å². The Labute approximate surface area is 158 Å². The van der Waals surface area contributed by atoms with Crippen molar-refractivity contribution in [1.82, 2.24) is 14.7 Å². The van der Waals surface area contributed by atoms with Crippen molar-refractivity contribution in [3.63, 3.8) is 0 Å². The number of piperazine rings is 1. The number of nitrogens with zero attached hydrogens (tertiary/aromatic N) is 4. The summed E-state index contributed by atoms with van der Waals surface area (Å²) in [5.41, 5.74) is 0.113. The van der Waals surface area contributed by atoms with Crippen LogP contribution < -0.4 is 10.5 Å². The minimum atomic E-state index is -4.35. The lowest BCUT2D eigenvalue weighted by Gasteiger charge is -2.35. The summed E-state index contributed by atoms with van der Waals surface area (Å²) in [6.45, 7) is 2.30. The fraction of sp³-hybridized carbons (Fsp3) is 0.444. The van der Waals surface area contributed by atoms with E-state index in [0.717, 1.165) is 22.4 Å². The van der Waals surface area contributed by atoms with Crippen molar-refractivity contribution >= 4 is 5.69 Å². The van der Waals surface area contributed by atoms with Gasteiger partial charge in [0.05, 0.1) is 17.4 Å². The van der Waals surface area contributed by atoms with Crippen molar-refractivity contribution in [1.29, 1.82) is 0 Å². The van der Waals surface area contributed by atoms with Crippen LogP contribution in [0, 0.1) is 0 Å².